The molecular formula is C35H41ClN6O7. The van der Waals surface area contributed by atoms with Crippen LogP contribution in [0.25, 0.3) is 0 Å². The van der Waals surface area contributed by atoms with Crippen molar-refractivity contribution in [2.24, 2.45) is 5.92 Å². The van der Waals surface area contributed by atoms with Crippen LogP contribution in [0.4, 0.5) is 21.0 Å². The number of amides is 6. The van der Waals surface area contributed by atoms with E-state index in [9.17, 15) is 29.1 Å². The summed E-state index contributed by atoms with van der Waals surface area (Å²) in [6.07, 6.45) is 4.65. The van der Waals surface area contributed by atoms with E-state index in [1.807, 2.05) is 25.1 Å². The van der Waals surface area contributed by atoms with Gasteiger partial charge in [0.25, 0.3) is 5.91 Å². The number of carbonyl (C=O) groups excluding carboxylic acids is 4. The summed E-state index contributed by atoms with van der Waals surface area (Å²) in [6.45, 7) is 5.17. The van der Waals surface area contributed by atoms with Gasteiger partial charge in [-0.2, -0.15) is 0 Å². The van der Waals surface area contributed by atoms with Crippen LogP contribution < -0.4 is 20.7 Å². The Labute approximate surface area is 290 Å². The highest BCUT2D eigenvalue weighted by Gasteiger charge is 2.55. The van der Waals surface area contributed by atoms with E-state index in [-0.39, 0.29) is 31.3 Å². The van der Waals surface area contributed by atoms with Crippen molar-refractivity contribution in [2.45, 2.75) is 70.6 Å². The first-order valence-corrected chi connectivity index (χ1v) is 15.8. The van der Waals surface area contributed by atoms with Crippen molar-refractivity contribution in [1.82, 2.24) is 20.1 Å². The summed E-state index contributed by atoms with van der Waals surface area (Å²) in [4.78, 5) is 72.6. The van der Waals surface area contributed by atoms with Gasteiger partial charge < -0.3 is 30.7 Å². The molecule has 1 saturated heterocycles. The standard InChI is InChI=1S/C35H40N6O7.ClH/c1-21-8-5-6-10-25(21)38-33(46)39-26-14-13-23(17-29(26)48-4)20-40-34(47)41(32(45)35(40,2)3)28(16-22-11-12-22)31(44)37-27(18-30(42)43)24-9-7-15-36-19-24;/h5-10,13-15,17,19,22,27-28H,11-12,16,18,20H2,1-4H3,(H,37,44)(H,42,43)(H2,38,39,46);1H. The van der Waals surface area contributed by atoms with Crippen LogP contribution in [0.3, 0.4) is 0 Å². The van der Waals surface area contributed by atoms with Crippen LogP contribution in [0, 0.1) is 12.8 Å². The van der Waals surface area contributed by atoms with Gasteiger partial charge >= 0.3 is 18.0 Å². The van der Waals surface area contributed by atoms with Crippen LogP contribution in [0.5, 0.6) is 5.75 Å². The number of methoxy groups -OCH3 is 1. The second-order valence-electron chi connectivity index (χ2n) is 12.7. The van der Waals surface area contributed by atoms with Gasteiger partial charge in [0.15, 0.2) is 0 Å². The number of pyridine rings is 1. The fraction of sp³-hybridized carbons (Fsp3) is 0.371. The number of hydrogen-bond acceptors (Lipinski definition) is 7. The van der Waals surface area contributed by atoms with Gasteiger partial charge in [-0.1, -0.05) is 43.2 Å². The average Bonchev–Trinajstić information content (AvgIpc) is 3.86. The summed E-state index contributed by atoms with van der Waals surface area (Å²) in [5.41, 5.74) is 1.82. The predicted molar refractivity (Wildman–Crippen MR) is 184 cm³/mol. The zero-order valence-electron chi connectivity index (χ0n) is 27.8. The molecule has 4 N–H and O–H groups in total. The highest BCUT2D eigenvalue weighted by molar-refractivity contribution is 6.09. The van der Waals surface area contributed by atoms with E-state index in [1.165, 1.54) is 18.2 Å². The number of carboxylic acid groups (broad SMARTS) is 1. The van der Waals surface area contributed by atoms with E-state index in [1.54, 1.807) is 56.4 Å². The molecule has 2 fully saturated rings. The van der Waals surface area contributed by atoms with Crippen molar-refractivity contribution in [3.63, 3.8) is 0 Å². The molecule has 260 valence electrons. The molecule has 5 rings (SSSR count). The topological polar surface area (TPSA) is 170 Å². The van der Waals surface area contributed by atoms with Crippen LogP contribution in [-0.4, -0.2) is 68.4 Å². The van der Waals surface area contributed by atoms with Crippen molar-refractivity contribution in [2.75, 3.05) is 17.7 Å². The highest BCUT2D eigenvalue weighted by atomic mass is 35.5. The first kappa shape index (κ1) is 36.7. The molecule has 1 aromatic heterocycles. The lowest BCUT2D eigenvalue weighted by Gasteiger charge is -2.28. The van der Waals surface area contributed by atoms with E-state index >= 15 is 0 Å². The van der Waals surface area contributed by atoms with Crippen molar-refractivity contribution < 1.29 is 33.8 Å². The number of benzene rings is 2. The molecule has 2 heterocycles. The molecule has 1 aliphatic heterocycles. The Bertz CT molecular complexity index is 1720. The number of carbonyl (C=O) groups is 5. The van der Waals surface area contributed by atoms with Crippen LogP contribution in [0.1, 0.15) is 62.3 Å². The molecule has 2 aliphatic rings. The van der Waals surface area contributed by atoms with Crippen molar-refractivity contribution in [3.05, 3.63) is 83.7 Å². The van der Waals surface area contributed by atoms with E-state index in [0.717, 1.165) is 23.3 Å². The van der Waals surface area contributed by atoms with E-state index in [0.29, 0.717) is 28.3 Å². The Balaban J connectivity index is 0.00000541. The second-order valence-corrected chi connectivity index (χ2v) is 12.7. The molecule has 1 saturated carbocycles. The zero-order valence-corrected chi connectivity index (χ0v) is 28.6. The number of aliphatic carboxylic acids is 1. The number of hydrogen-bond donors (Lipinski definition) is 4. The number of imide groups is 1. The summed E-state index contributed by atoms with van der Waals surface area (Å²) in [7, 11) is 1.46. The number of ether oxygens (including phenoxy) is 1. The largest absolute Gasteiger partial charge is 0.495 e. The molecule has 1 aliphatic carbocycles. The number of nitrogens with one attached hydrogen (secondary N) is 3. The normalized spacial score (nSPS) is 16.3. The SMILES string of the molecule is COc1cc(CN2C(=O)N(C(CC3CC3)C(=O)NC(CC(=O)O)c3cccnc3)C(=O)C2(C)C)ccc1NC(=O)Nc1ccccc1C.Cl. The summed E-state index contributed by atoms with van der Waals surface area (Å²) in [6, 6.07) is 12.6. The molecule has 2 unspecified atom stereocenters. The molecular weight excluding hydrogens is 652 g/mol. The molecule has 0 bridgehead atoms. The number of carboxylic acids is 1. The van der Waals surface area contributed by atoms with Gasteiger partial charge in [0.1, 0.15) is 17.3 Å². The van der Waals surface area contributed by atoms with Crippen molar-refractivity contribution in [3.8, 4) is 5.75 Å². The first-order chi connectivity index (χ1) is 22.9. The number of nitrogens with zero attached hydrogens (tertiary/aromatic N) is 3. The molecule has 0 radical (unpaired) electrons. The maximum absolute atomic E-state index is 14.0. The number of rotatable bonds is 13. The minimum Gasteiger partial charge on any atom is -0.495 e. The molecule has 49 heavy (non-hydrogen) atoms. The Kier molecular flexibility index (Phi) is 11.5. The maximum atomic E-state index is 14.0. The summed E-state index contributed by atoms with van der Waals surface area (Å²) < 4.78 is 5.55. The Hall–Kier alpha value is -5.17. The quantitative estimate of drug-likeness (QED) is 0.170. The minimum atomic E-state index is -1.29. The van der Waals surface area contributed by atoms with Gasteiger partial charge in [0.2, 0.25) is 5.91 Å². The Morgan fingerprint density at radius 1 is 1.04 bits per heavy atom. The fourth-order valence-corrected chi connectivity index (χ4v) is 5.79. The lowest BCUT2D eigenvalue weighted by molar-refractivity contribution is -0.140. The van der Waals surface area contributed by atoms with E-state index in [2.05, 4.69) is 20.9 Å². The molecule has 2 atom stereocenters. The number of anilines is 2. The van der Waals surface area contributed by atoms with Gasteiger partial charge in [-0.25, -0.2) is 14.5 Å². The molecule has 14 heteroatoms. The number of halogens is 1. The zero-order chi connectivity index (χ0) is 34.6. The average molecular weight is 693 g/mol. The van der Waals surface area contributed by atoms with Crippen LogP contribution >= 0.6 is 12.4 Å². The van der Waals surface area contributed by atoms with Crippen molar-refractivity contribution >= 4 is 53.6 Å². The van der Waals surface area contributed by atoms with Gasteiger partial charge in [-0.05, 0) is 74.1 Å². The van der Waals surface area contributed by atoms with Crippen molar-refractivity contribution in [1.29, 1.82) is 0 Å². The lowest BCUT2D eigenvalue weighted by atomic mass is 10.0. The summed E-state index contributed by atoms with van der Waals surface area (Å²) in [5, 5.41) is 17.9. The van der Waals surface area contributed by atoms with E-state index in [4.69, 9.17) is 4.74 Å². The summed E-state index contributed by atoms with van der Waals surface area (Å²) >= 11 is 0. The number of para-hydroxylation sites is 1. The third kappa shape index (κ3) is 8.47. The van der Waals surface area contributed by atoms with Gasteiger partial charge in [-0.15, -0.1) is 12.4 Å². The van der Waals surface area contributed by atoms with Gasteiger partial charge in [-0.3, -0.25) is 19.4 Å². The first-order valence-electron chi connectivity index (χ1n) is 15.8. The number of urea groups is 2. The van der Waals surface area contributed by atoms with Crippen LogP contribution in [0.2, 0.25) is 0 Å². The molecule has 2 aromatic carbocycles. The van der Waals surface area contributed by atoms with Crippen LogP contribution in [-0.2, 0) is 20.9 Å². The van der Waals surface area contributed by atoms with E-state index < -0.39 is 53.9 Å². The molecule has 6 amide bonds. The van der Waals surface area contributed by atoms with Crippen LogP contribution in [0.15, 0.2) is 67.0 Å². The molecule has 3 aromatic rings. The molecule has 0 spiro atoms. The fourth-order valence-electron chi connectivity index (χ4n) is 5.79. The van der Waals surface area contributed by atoms with Gasteiger partial charge in [0.05, 0.1) is 25.3 Å². The lowest BCUT2D eigenvalue weighted by Crippen LogP contribution is -2.51. The highest BCUT2D eigenvalue weighted by Crippen LogP contribution is 2.39. The third-order valence-electron chi connectivity index (χ3n) is 8.75. The predicted octanol–water partition coefficient (Wildman–Crippen LogP) is 5.51. The number of aromatic nitrogens is 1. The maximum Gasteiger partial charge on any atom is 0.328 e. The smallest absolute Gasteiger partial charge is 0.328 e. The Morgan fingerprint density at radius 3 is 2.39 bits per heavy atom. The summed E-state index contributed by atoms with van der Waals surface area (Å²) in [5.74, 6) is -1.72. The number of aryl methyl sites for hydroxylation is 1. The molecule has 13 nitrogen and oxygen atoms in total. The minimum absolute atomic E-state index is 0. The Morgan fingerprint density at radius 2 is 1.76 bits per heavy atom. The van der Waals surface area contributed by atoms with Gasteiger partial charge in [0, 0.05) is 24.6 Å². The second kappa shape index (κ2) is 15.4. The third-order valence-corrected chi connectivity index (χ3v) is 8.75. The monoisotopic (exact) mass is 692 g/mol.